The molecule has 0 aromatic rings. The van der Waals surface area contributed by atoms with Gasteiger partial charge in [0, 0.05) is 7.11 Å². The van der Waals surface area contributed by atoms with Crippen LogP contribution in [0.4, 0.5) is 0 Å². The van der Waals surface area contributed by atoms with Crippen molar-refractivity contribution in [1.29, 1.82) is 0 Å². The van der Waals surface area contributed by atoms with Gasteiger partial charge in [0.25, 0.3) is 0 Å². The Morgan fingerprint density at radius 3 is 2.75 bits per heavy atom. The van der Waals surface area contributed by atoms with Gasteiger partial charge in [0.1, 0.15) is 11.2 Å². The van der Waals surface area contributed by atoms with E-state index in [0.717, 1.165) is 25.9 Å². The molecule has 0 aromatic heterocycles. The molecule has 2 heterocycles. The van der Waals surface area contributed by atoms with Crippen LogP contribution in [0.15, 0.2) is 23.8 Å². The molecule has 20 heavy (non-hydrogen) atoms. The molecule has 5 atom stereocenters. The summed E-state index contributed by atoms with van der Waals surface area (Å²) >= 11 is 0. The molecule has 3 fully saturated rings. The Hall–Kier alpha value is -0.640. The van der Waals surface area contributed by atoms with E-state index in [0.29, 0.717) is 0 Å². The van der Waals surface area contributed by atoms with Crippen LogP contribution in [0.3, 0.4) is 0 Å². The zero-order valence-corrected chi connectivity index (χ0v) is 13.1. The highest BCUT2D eigenvalue weighted by Gasteiger charge is 2.70. The van der Waals surface area contributed by atoms with Crippen LogP contribution in [0.5, 0.6) is 0 Å². The zero-order valence-electron chi connectivity index (χ0n) is 13.1. The molecule has 0 amide bonds. The van der Waals surface area contributed by atoms with Gasteiger partial charge < -0.3 is 14.2 Å². The van der Waals surface area contributed by atoms with E-state index in [-0.39, 0.29) is 29.3 Å². The Morgan fingerprint density at radius 2 is 2.20 bits per heavy atom. The molecule has 0 aromatic carbocycles. The maximum absolute atomic E-state index is 6.10. The van der Waals surface area contributed by atoms with Crippen LogP contribution in [0.1, 0.15) is 40.0 Å². The van der Waals surface area contributed by atoms with Crippen molar-refractivity contribution in [2.24, 2.45) is 5.92 Å². The number of methoxy groups -OCH3 is 1. The first kappa shape index (κ1) is 14.3. The van der Waals surface area contributed by atoms with Crippen molar-refractivity contribution in [2.75, 3.05) is 13.7 Å². The van der Waals surface area contributed by atoms with Gasteiger partial charge in [-0.2, -0.15) is 0 Å². The van der Waals surface area contributed by atoms with Crippen molar-refractivity contribution in [3.05, 3.63) is 23.8 Å². The van der Waals surface area contributed by atoms with Crippen LogP contribution >= 0.6 is 0 Å². The van der Waals surface area contributed by atoms with Crippen molar-refractivity contribution < 1.29 is 14.2 Å². The van der Waals surface area contributed by atoms with E-state index in [1.54, 1.807) is 7.11 Å². The first-order chi connectivity index (χ1) is 9.43. The minimum absolute atomic E-state index is 0.0175. The lowest BCUT2D eigenvalue weighted by atomic mass is 9.68. The highest BCUT2D eigenvalue weighted by molar-refractivity contribution is 5.26. The third-order valence-electron chi connectivity index (χ3n) is 5.25. The first-order valence-corrected chi connectivity index (χ1v) is 7.58. The van der Waals surface area contributed by atoms with Gasteiger partial charge in [-0.25, -0.2) is 0 Å². The van der Waals surface area contributed by atoms with E-state index in [1.165, 1.54) is 11.1 Å². The molecule has 5 unspecified atom stereocenters. The summed E-state index contributed by atoms with van der Waals surface area (Å²) in [6.07, 6.45) is 5.65. The lowest BCUT2D eigenvalue weighted by molar-refractivity contribution is -0.0198. The number of epoxide rings is 2. The minimum atomic E-state index is -0.132. The molecule has 3 nitrogen and oxygen atoms in total. The van der Waals surface area contributed by atoms with Crippen LogP contribution in [-0.2, 0) is 14.2 Å². The molecule has 1 spiro atoms. The quantitative estimate of drug-likeness (QED) is 0.585. The van der Waals surface area contributed by atoms with Crippen LogP contribution < -0.4 is 0 Å². The number of ether oxygens (including phenoxy) is 3. The van der Waals surface area contributed by atoms with E-state index in [9.17, 15) is 0 Å². The molecule has 3 aliphatic rings. The summed E-state index contributed by atoms with van der Waals surface area (Å²) in [6.45, 7) is 11.5. The summed E-state index contributed by atoms with van der Waals surface area (Å²) in [4.78, 5) is 0. The topological polar surface area (TPSA) is 34.3 Å². The smallest absolute Gasteiger partial charge is 0.101 e. The average Bonchev–Trinajstić information content (AvgIpc) is 3.29. The van der Waals surface area contributed by atoms with E-state index in [2.05, 4.69) is 33.4 Å². The fourth-order valence-corrected chi connectivity index (χ4v) is 3.89. The second kappa shape index (κ2) is 4.69. The van der Waals surface area contributed by atoms with E-state index in [4.69, 9.17) is 14.2 Å². The lowest BCUT2D eigenvalue weighted by Crippen LogP contribution is -2.49. The van der Waals surface area contributed by atoms with Crippen molar-refractivity contribution in [2.45, 2.75) is 63.4 Å². The number of hydrogen-bond acceptors (Lipinski definition) is 3. The van der Waals surface area contributed by atoms with E-state index in [1.807, 2.05) is 0 Å². The standard InChI is InChI=1S/C17H26O3/c1-11(2)6-7-13-16(4,20-13)15-14(18-5)12(3)8-9-17(15)10-19-17/h6,13-15H,3,7-10H2,1-2,4-5H3. The lowest BCUT2D eigenvalue weighted by Gasteiger charge is -2.39. The number of hydrogen-bond donors (Lipinski definition) is 0. The maximum Gasteiger partial charge on any atom is 0.101 e. The van der Waals surface area contributed by atoms with Gasteiger partial charge >= 0.3 is 0 Å². The molecule has 0 bridgehead atoms. The highest BCUT2D eigenvalue weighted by Crippen LogP contribution is 2.59. The Morgan fingerprint density at radius 1 is 1.50 bits per heavy atom. The second-order valence-corrected chi connectivity index (χ2v) is 6.95. The predicted molar refractivity (Wildman–Crippen MR) is 78.7 cm³/mol. The molecule has 2 aliphatic heterocycles. The summed E-state index contributed by atoms with van der Waals surface area (Å²) in [7, 11) is 1.78. The fraction of sp³-hybridized carbons (Fsp3) is 0.765. The molecule has 0 radical (unpaired) electrons. The number of allylic oxidation sites excluding steroid dienone is 1. The number of rotatable bonds is 4. The molecule has 1 saturated carbocycles. The normalized spacial score (nSPS) is 46.4. The second-order valence-electron chi connectivity index (χ2n) is 6.95. The third kappa shape index (κ3) is 2.16. The Bertz CT molecular complexity index is 445. The van der Waals surface area contributed by atoms with E-state index < -0.39 is 0 Å². The fourth-order valence-electron chi connectivity index (χ4n) is 3.89. The molecule has 3 heteroatoms. The summed E-state index contributed by atoms with van der Waals surface area (Å²) in [5.41, 5.74) is 2.39. The molecule has 2 saturated heterocycles. The molecule has 1 aliphatic carbocycles. The Kier molecular flexibility index (Phi) is 3.35. The van der Waals surface area contributed by atoms with Gasteiger partial charge in [-0.05, 0) is 45.6 Å². The summed E-state index contributed by atoms with van der Waals surface area (Å²) in [5, 5.41) is 0. The van der Waals surface area contributed by atoms with Gasteiger partial charge in [0.2, 0.25) is 0 Å². The molecule has 3 rings (SSSR count). The van der Waals surface area contributed by atoms with Gasteiger partial charge in [-0.3, -0.25) is 0 Å². The van der Waals surface area contributed by atoms with Gasteiger partial charge in [0.15, 0.2) is 0 Å². The molecule has 112 valence electrons. The van der Waals surface area contributed by atoms with Crippen LogP contribution in [0.2, 0.25) is 0 Å². The van der Waals surface area contributed by atoms with E-state index >= 15 is 0 Å². The van der Waals surface area contributed by atoms with Crippen molar-refractivity contribution in [3.63, 3.8) is 0 Å². The summed E-state index contributed by atoms with van der Waals surface area (Å²) in [6, 6.07) is 0. The van der Waals surface area contributed by atoms with Crippen molar-refractivity contribution in [3.8, 4) is 0 Å². The third-order valence-corrected chi connectivity index (χ3v) is 5.25. The van der Waals surface area contributed by atoms with Crippen LogP contribution in [0.25, 0.3) is 0 Å². The minimum Gasteiger partial charge on any atom is -0.377 e. The maximum atomic E-state index is 6.10. The highest BCUT2D eigenvalue weighted by atomic mass is 16.6. The average molecular weight is 278 g/mol. The van der Waals surface area contributed by atoms with Gasteiger partial charge in [0.05, 0.1) is 24.7 Å². The zero-order chi connectivity index (χ0) is 14.5. The largest absolute Gasteiger partial charge is 0.377 e. The predicted octanol–water partition coefficient (Wildman–Crippen LogP) is 3.25. The Balaban J connectivity index is 1.80. The summed E-state index contributed by atoms with van der Waals surface area (Å²) < 4.78 is 17.7. The van der Waals surface area contributed by atoms with Gasteiger partial charge in [-0.1, -0.05) is 18.2 Å². The first-order valence-electron chi connectivity index (χ1n) is 7.58. The monoisotopic (exact) mass is 278 g/mol. The Labute approximate surface area is 122 Å². The van der Waals surface area contributed by atoms with Gasteiger partial charge in [-0.15, -0.1) is 0 Å². The molecular formula is C17H26O3. The SMILES string of the molecule is C=C1CCC2(CO2)C(C2(C)OC2CC=C(C)C)C1OC. The van der Waals surface area contributed by atoms with Crippen molar-refractivity contribution in [1.82, 2.24) is 0 Å². The van der Waals surface area contributed by atoms with Crippen molar-refractivity contribution >= 4 is 0 Å². The van der Waals surface area contributed by atoms with Crippen LogP contribution in [-0.4, -0.2) is 37.1 Å². The summed E-state index contributed by atoms with van der Waals surface area (Å²) in [5.74, 6) is 0.275. The van der Waals surface area contributed by atoms with Crippen LogP contribution in [0, 0.1) is 5.92 Å². The molecular weight excluding hydrogens is 252 g/mol. The molecule has 0 N–H and O–H groups in total.